The van der Waals surface area contributed by atoms with Gasteiger partial charge >= 0.3 is 6.18 Å². The number of piperidine rings is 1. The molecule has 0 saturated carbocycles. The van der Waals surface area contributed by atoms with E-state index < -0.39 is 32.6 Å². The number of hydrogen-bond acceptors (Lipinski definition) is 6. The van der Waals surface area contributed by atoms with Crippen LogP contribution in [0, 0.1) is 29.9 Å². The molecule has 0 radical (unpaired) electrons. The van der Waals surface area contributed by atoms with Gasteiger partial charge in [0.15, 0.2) is 0 Å². The minimum Gasteiger partial charge on any atom is -0.323 e. The highest BCUT2D eigenvalue weighted by Gasteiger charge is 2.33. The predicted molar refractivity (Wildman–Crippen MR) is 135 cm³/mol. The zero-order valence-electron chi connectivity index (χ0n) is 21.1. The monoisotopic (exact) mass is 565 g/mol. The lowest BCUT2D eigenvalue weighted by molar-refractivity contribution is -0.384. The number of aromatic nitrogens is 2. The van der Waals surface area contributed by atoms with Gasteiger partial charge in [0.1, 0.15) is 0 Å². The van der Waals surface area contributed by atoms with Crippen LogP contribution in [0.5, 0.6) is 0 Å². The Kier molecular flexibility index (Phi) is 7.80. The number of rotatable bonds is 7. The Morgan fingerprint density at radius 2 is 1.77 bits per heavy atom. The second-order valence-electron chi connectivity index (χ2n) is 9.32. The van der Waals surface area contributed by atoms with Crippen LogP contribution in [0.4, 0.5) is 24.5 Å². The summed E-state index contributed by atoms with van der Waals surface area (Å²) < 4.78 is 67.8. The molecule has 0 spiro atoms. The second kappa shape index (κ2) is 10.8. The summed E-state index contributed by atoms with van der Waals surface area (Å²) in [6, 6.07) is 9.61. The first kappa shape index (κ1) is 28.2. The summed E-state index contributed by atoms with van der Waals surface area (Å²) >= 11 is 0. The van der Waals surface area contributed by atoms with Crippen molar-refractivity contribution < 1.29 is 31.3 Å². The Morgan fingerprint density at radius 1 is 1.13 bits per heavy atom. The number of carbonyl (C=O) groups excluding carboxylic acids is 1. The van der Waals surface area contributed by atoms with Crippen molar-refractivity contribution >= 4 is 27.3 Å². The number of hydrogen-bond donors (Lipinski definition) is 1. The molecule has 10 nitrogen and oxygen atoms in total. The van der Waals surface area contributed by atoms with Crippen molar-refractivity contribution in [3.63, 3.8) is 0 Å². The number of non-ortho nitro benzene ring substituents is 1. The number of nitro groups is 1. The molecule has 1 aliphatic heterocycles. The first-order valence-corrected chi connectivity index (χ1v) is 13.5. The summed E-state index contributed by atoms with van der Waals surface area (Å²) in [5.41, 5.74) is 0.996. The smallest absolute Gasteiger partial charge is 0.323 e. The van der Waals surface area contributed by atoms with Gasteiger partial charge in [-0.3, -0.25) is 19.6 Å². The molecule has 14 heteroatoms. The fourth-order valence-electron chi connectivity index (χ4n) is 4.52. The average molecular weight is 566 g/mol. The number of anilines is 1. The molecule has 208 valence electrons. The Labute approximate surface area is 222 Å². The molecular weight excluding hydrogens is 539 g/mol. The largest absolute Gasteiger partial charge is 0.416 e. The minimum atomic E-state index is -4.46. The van der Waals surface area contributed by atoms with Gasteiger partial charge in [-0.15, -0.1) is 0 Å². The van der Waals surface area contributed by atoms with Crippen molar-refractivity contribution in [1.29, 1.82) is 0 Å². The van der Waals surface area contributed by atoms with Crippen LogP contribution in [-0.4, -0.2) is 46.4 Å². The molecular formula is C25H26F3N5O5S. The van der Waals surface area contributed by atoms with Crippen LogP contribution in [0.15, 0.2) is 53.4 Å². The SMILES string of the molecule is Cc1nn(Cc2cccc(C(F)(F)F)c2)c(C)c1NC(=O)C1CCN(S(=O)(=O)c2ccc([N+](=O)[O-])cc2)CC1. The van der Waals surface area contributed by atoms with Crippen molar-refractivity contribution in [3.8, 4) is 0 Å². The van der Waals surface area contributed by atoms with Crippen molar-refractivity contribution in [3.05, 3.63) is 81.2 Å². The average Bonchev–Trinajstić information content (AvgIpc) is 3.15. The van der Waals surface area contributed by atoms with Crippen LogP contribution in [0.25, 0.3) is 0 Å². The fourth-order valence-corrected chi connectivity index (χ4v) is 5.99. The Bertz CT molecular complexity index is 1500. The van der Waals surface area contributed by atoms with E-state index in [9.17, 15) is 36.5 Å². The molecule has 1 aromatic heterocycles. The fraction of sp³-hybridized carbons (Fsp3) is 0.360. The van der Waals surface area contributed by atoms with Crippen LogP contribution in [0.3, 0.4) is 0 Å². The van der Waals surface area contributed by atoms with E-state index in [-0.39, 0.29) is 49.0 Å². The molecule has 4 rings (SSSR count). The maximum atomic E-state index is 13.1. The molecule has 2 aromatic carbocycles. The highest BCUT2D eigenvalue weighted by Crippen LogP contribution is 2.31. The molecule has 3 aromatic rings. The van der Waals surface area contributed by atoms with E-state index in [0.29, 0.717) is 22.6 Å². The number of benzene rings is 2. The normalized spacial score (nSPS) is 15.3. The Balaban J connectivity index is 1.40. The third-order valence-electron chi connectivity index (χ3n) is 6.73. The summed E-state index contributed by atoms with van der Waals surface area (Å²) in [5, 5.41) is 18.1. The van der Waals surface area contributed by atoms with E-state index in [1.54, 1.807) is 19.9 Å². The van der Waals surface area contributed by atoms with Crippen molar-refractivity contribution in [1.82, 2.24) is 14.1 Å². The highest BCUT2D eigenvalue weighted by molar-refractivity contribution is 7.89. The lowest BCUT2D eigenvalue weighted by Crippen LogP contribution is -2.41. The van der Waals surface area contributed by atoms with Gasteiger partial charge in [-0.1, -0.05) is 12.1 Å². The summed E-state index contributed by atoms with van der Waals surface area (Å²) in [7, 11) is -3.87. The quantitative estimate of drug-likeness (QED) is 0.332. The zero-order valence-corrected chi connectivity index (χ0v) is 21.9. The van der Waals surface area contributed by atoms with E-state index in [1.165, 1.54) is 27.2 Å². The van der Waals surface area contributed by atoms with Gasteiger partial charge in [0.25, 0.3) is 5.69 Å². The third-order valence-corrected chi connectivity index (χ3v) is 8.64. The molecule has 0 atom stereocenters. The number of nitro benzene ring substituents is 1. The van der Waals surface area contributed by atoms with Gasteiger partial charge in [0.05, 0.1) is 39.0 Å². The maximum absolute atomic E-state index is 13.1. The predicted octanol–water partition coefficient (Wildman–Crippen LogP) is 4.51. The van der Waals surface area contributed by atoms with E-state index in [0.717, 1.165) is 24.3 Å². The lowest BCUT2D eigenvalue weighted by Gasteiger charge is -2.30. The molecule has 1 amide bonds. The van der Waals surface area contributed by atoms with Gasteiger partial charge < -0.3 is 5.32 Å². The minimum absolute atomic E-state index is 0.0598. The Morgan fingerprint density at radius 3 is 2.36 bits per heavy atom. The van der Waals surface area contributed by atoms with Gasteiger partial charge in [-0.2, -0.15) is 22.6 Å². The summed E-state index contributed by atoms with van der Waals surface area (Å²) in [5.74, 6) is -0.758. The number of aryl methyl sites for hydroxylation is 1. The summed E-state index contributed by atoms with van der Waals surface area (Å²) in [4.78, 5) is 23.2. The number of sulfonamides is 1. The maximum Gasteiger partial charge on any atom is 0.416 e. The molecule has 0 unspecified atom stereocenters. The number of nitrogens with zero attached hydrogens (tertiary/aromatic N) is 4. The lowest BCUT2D eigenvalue weighted by atomic mass is 9.97. The molecule has 1 fully saturated rings. The van der Waals surface area contributed by atoms with Gasteiger partial charge in [-0.05, 0) is 56.5 Å². The Hall–Kier alpha value is -3.78. The van der Waals surface area contributed by atoms with E-state index >= 15 is 0 Å². The summed E-state index contributed by atoms with van der Waals surface area (Å²) in [6.45, 7) is 3.69. The number of halogens is 3. The highest BCUT2D eigenvalue weighted by atomic mass is 32.2. The van der Waals surface area contributed by atoms with Gasteiger partial charge in [-0.25, -0.2) is 8.42 Å². The summed E-state index contributed by atoms with van der Waals surface area (Å²) in [6.07, 6.45) is -3.91. The van der Waals surface area contributed by atoms with E-state index in [1.807, 2.05) is 0 Å². The first-order chi connectivity index (χ1) is 18.3. The zero-order chi connectivity index (χ0) is 28.5. The molecule has 1 saturated heterocycles. The molecule has 2 heterocycles. The number of carbonyl (C=O) groups is 1. The topological polar surface area (TPSA) is 127 Å². The van der Waals surface area contributed by atoms with Crippen LogP contribution in [0.1, 0.15) is 35.4 Å². The van der Waals surface area contributed by atoms with Crippen molar-refractivity contribution in [2.75, 3.05) is 18.4 Å². The van der Waals surface area contributed by atoms with Crippen LogP contribution < -0.4 is 5.32 Å². The first-order valence-electron chi connectivity index (χ1n) is 12.0. The molecule has 1 N–H and O–H groups in total. The molecule has 1 aliphatic rings. The van der Waals surface area contributed by atoms with Crippen LogP contribution in [-0.2, 0) is 27.5 Å². The van der Waals surface area contributed by atoms with Crippen molar-refractivity contribution in [2.24, 2.45) is 5.92 Å². The van der Waals surface area contributed by atoms with Gasteiger partial charge in [0, 0.05) is 31.1 Å². The standard InChI is InChI=1S/C25H26F3N5O5S/c1-16-23(17(2)32(30-16)15-18-4-3-5-20(14-18)25(26,27)28)29-24(34)19-10-12-31(13-11-19)39(37,38)22-8-6-21(7-9-22)33(35)36/h3-9,14,19H,10-13,15H2,1-2H3,(H,29,34). The van der Waals surface area contributed by atoms with Crippen LogP contribution in [0.2, 0.25) is 0 Å². The number of nitrogens with one attached hydrogen (secondary N) is 1. The molecule has 39 heavy (non-hydrogen) atoms. The molecule has 0 bridgehead atoms. The second-order valence-corrected chi connectivity index (χ2v) is 11.3. The third kappa shape index (κ3) is 6.11. The number of amides is 1. The number of alkyl halides is 3. The van der Waals surface area contributed by atoms with Crippen molar-refractivity contribution in [2.45, 2.75) is 44.3 Å². The van der Waals surface area contributed by atoms with Crippen LogP contribution >= 0.6 is 0 Å². The van der Waals surface area contributed by atoms with Gasteiger partial charge in [0.2, 0.25) is 15.9 Å². The molecule has 0 aliphatic carbocycles. The van der Waals surface area contributed by atoms with E-state index in [4.69, 9.17) is 0 Å². The van der Waals surface area contributed by atoms with E-state index in [2.05, 4.69) is 10.4 Å².